The monoisotopic (exact) mass is 366 g/mol. The van der Waals surface area contributed by atoms with Crippen LogP contribution in [0.4, 0.5) is 0 Å². The van der Waals surface area contributed by atoms with Gasteiger partial charge in [-0.2, -0.15) is 0 Å². The molecule has 0 saturated carbocycles. The van der Waals surface area contributed by atoms with Gasteiger partial charge in [0.1, 0.15) is 5.75 Å². The number of fused-ring (bicyclic) bond motifs is 1. The first-order valence-corrected chi connectivity index (χ1v) is 9.80. The minimum absolute atomic E-state index is 0.141. The fraction of sp³-hybridized carbons (Fsp3) is 0.409. The number of ether oxygens (including phenoxy) is 1. The van der Waals surface area contributed by atoms with E-state index in [1.165, 1.54) is 5.56 Å². The second-order valence-corrected chi connectivity index (χ2v) is 6.75. The Balaban J connectivity index is 1.71. The lowest BCUT2D eigenvalue weighted by atomic mass is 10.0. The van der Waals surface area contributed by atoms with Crippen molar-refractivity contribution in [1.29, 1.82) is 0 Å². The molecule has 144 valence electrons. The van der Waals surface area contributed by atoms with Crippen molar-refractivity contribution in [2.45, 2.75) is 32.4 Å². The Kier molecular flexibility index (Phi) is 6.71. The Morgan fingerprint density at radius 2 is 1.85 bits per heavy atom. The lowest BCUT2D eigenvalue weighted by molar-refractivity contribution is 0.224. The molecule has 5 nitrogen and oxygen atoms in total. The van der Waals surface area contributed by atoms with Crippen molar-refractivity contribution < 1.29 is 4.74 Å². The summed E-state index contributed by atoms with van der Waals surface area (Å²) in [6.45, 7) is 7.65. The van der Waals surface area contributed by atoms with Gasteiger partial charge in [-0.15, -0.1) is 0 Å². The first-order chi connectivity index (χ1) is 13.2. The molecule has 3 N–H and O–H groups in total. The molecule has 27 heavy (non-hydrogen) atoms. The summed E-state index contributed by atoms with van der Waals surface area (Å²) in [6.07, 6.45) is 0.880. The van der Waals surface area contributed by atoms with Gasteiger partial charge in [-0.25, -0.2) is 0 Å². The molecule has 1 heterocycles. The predicted octanol–water partition coefficient (Wildman–Crippen LogP) is 3.50. The molecule has 2 unspecified atom stereocenters. The summed E-state index contributed by atoms with van der Waals surface area (Å²) in [6, 6.07) is 19.0. The average molecular weight is 367 g/mol. The summed E-state index contributed by atoms with van der Waals surface area (Å²) in [5.74, 6) is 1.42. The van der Waals surface area contributed by atoms with Gasteiger partial charge in [0.15, 0.2) is 5.96 Å². The van der Waals surface area contributed by atoms with E-state index < -0.39 is 0 Å². The smallest absolute Gasteiger partial charge is 0.189 e. The van der Waals surface area contributed by atoms with Gasteiger partial charge in [0.05, 0.1) is 25.2 Å². The molecule has 0 amide bonds. The molecule has 3 rings (SSSR count). The van der Waals surface area contributed by atoms with Crippen LogP contribution in [0, 0.1) is 0 Å². The highest BCUT2D eigenvalue weighted by Crippen LogP contribution is 2.31. The zero-order valence-corrected chi connectivity index (χ0v) is 16.3. The highest BCUT2D eigenvalue weighted by molar-refractivity contribution is 5.78. The number of benzene rings is 2. The normalized spacial score (nSPS) is 17.9. The number of guanidine groups is 1. The number of hydrogen-bond donors (Lipinski definition) is 2. The van der Waals surface area contributed by atoms with E-state index in [4.69, 9.17) is 10.5 Å². The van der Waals surface area contributed by atoms with Crippen molar-refractivity contribution in [3.63, 3.8) is 0 Å². The van der Waals surface area contributed by atoms with Crippen molar-refractivity contribution >= 4 is 5.96 Å². The lowest BCUT2D eigenvalue weighted by Crippen LogP contribution is -2.38. The van der Waals surface area contributed by atoms with E-state index in [-0.39, 0.29) is 12.1 Å². The number of nitrogens with two attached hydrogens (primary N) is 1. The molecular formula is C22H30N4O. The Labute approximate surface area is 162 Å². The summed E-state index contributed by atoms with van der Waals surface area (Å²) in [5.41, 5.74) is 8.67. The van der Waals surface area contributed by atoms with Gasteiger partial charge < -0.3 is 15.8 Å². The van der Waals surface area contributed by atoms with Crippen LogP contribution in [0.25, 0.3) is 0 Å². The Morgan fingerprint density at radius 3 is 2.59 bits per heavy atom. The molecule has 0 spiro atoms. The topological polar surface area (TPSA) is 62.9 Å². The molecule has 1 aliphatic heterocycles. The molecule has 2 aromatic carbocycles. The second-order valence-electron chi connectivity index (χ2n) is 6.75. The first kappa shape index (κ1) is 19.2. The SMILES string of the molecule is CCN(CC)C(CN=C(N)NC1CCOc2ccccc21)c1ccccc1. The molecule has 0 saturated heterocycles. The number of hydrogen-bond acceptors (Lipinski definition) is 3. The second kappa shape index (κ2) is 9.42. The Hall–Kier alpha value is -2.53. The number of nitrogens with zero attached hydrogens (tertiary/aromatic N) is 2. The van der Waals surface area contributed by atoms with E-state index in [0.29, 0.717) is 19.1 Å². The van der Waals surface area contributed by atoms with Crippen molar-refractivity contribution in [3.8, 4) is 5.75 Å². The van der Waals surface area contributed by atoms with Gasteiger partial charge in [-0.05, 0) is 24.7 Å². The van der Waals surface area contributed by atoms with E-state index in [9.17, 15) is 0 Å². The third kappa shape index (κ3) is 4.80. The van der Waals surface area contributed by atoms with Crippen LogP contribution in [0.2, 0.25) is 0 Å². The van der Waals surface area contributed by atoms with Crippen LogP contribution in [-0.4, -0.2) is 37.1 Å². The molecule has 2 atom stereocenters. The van der Waals surface area contributed by atoms with Gasteiger partial charge >= 0.3 is 0 Å². The molecule has 0 bridgehead atoms. The molecule has 0 aromatic heterocycles. The highest BCUT2D eigenvalue weighted by atomic mass is 16.5. The Morgan fingerprint density at radius 1 is 1.15 bits per heavy atom. The van der Waals surface area contributed by atoms with Crippen LogP contribution < -0.4 is 15.8 Å². The summed E-state index contributed by atoms with van der Waals surface area (Å²) < 4.78 is 5.72. The highest BCUT2D eigenvalue weighted by Gasteiger charge is 2.22. The Bertz CT molecular complexity index is 743. The molecule has 0 aliphatic carbocycles. The van der Waals surface area contributed by atoms with Crippen LogP contribution in [0.1, 0.15) is 43.5 Å². The zero-order chi connectivity index (χ0) is 19.1. The first-order valence-electron chi connectivity index (χ1n) is 9.80. The maximum absolute atomic E-state index is 6.25. The number of likely N-dealkylation sites (N-methyl/N-ethyl adjacent to an activating group) is 1. The number of para-hydroxylation sites is 1. The number of aliphatic imine (C=N–C) groups is 1. The van der Waals surface area contributed by atoms with Gasteiger partial charge in [0.2, 0.25) is 0 Å². The van der Waals surface area contributed by atoms with Gasteiger partial charge in [-0.3, -0.25) is 9.89 Å². The quantitative estimate of drug-likeness (QED) is 0.582. The molecular weight excluding hydrogens is 336 g/mol. The van der Waals surface area contributed by atoms with E-state index in [1.807, 2.05) is 24.3 Å². The van der Waals surface area contributed by atoms with Crippen molar-refractivity contribution in [1.82, 2.24) is 10.2 Å². The maximum Gasteiger partial charge on any atom is 0.189 e. The fourth-order valence-corrected chi connectivity index (χ4v) is 3.67. The predicted molar refractivity (Wildman–Crippen MR) is 111 cm³/mol. The maximum atomic E-state index is 6.25. The van der Waals surface area contributed by atoms with Crippen LogP contribution in [0.5, 0.6) is 5.75 Å². The van der Waals surface area contributed by atoms with E-state index in [0.717, 1.165) is 30.8 Å². The lowest BCUT2D eigenvalue weighted by Gasteiger charge is -2.29. The summed E-state index contributed by atoms with van der Waals surface area (Å²) in [5, 5.41) is 3.39. The summed E-state index contributed by atoms with van der Waals surface area (Å²) in [7, 11) is 0. The minimum atomic E-state index is 0.141. The third-order valence-corrected chi connectivity index (χ3v) is 5.15. The zero-order valence-electron chi connectivity index (χ0n) is 16.3. The molecule has 0 fully saturated rings. The average Bonchev–Trinajstić information content (AvgIpc) is 2.72. The van der Waals surface area contributed by atoms with Gasteiger partial charge in [0, 0.05) is 12.0 Å². The molecule has 1 aliphatic rings. The third-order valence-electron chi connectivity index (χ3n) is 5.15. The summed E-state index contributed by atoms with van der Waals surface area (Å²) in [4.78, 5) is 7.10. The van der Waals surface area contributed by atoms with Crippen LogP contribution in [-0.2, 0) is 0 Å². The fourth-order valence-electron chi connectivity index (χ4n) is 3.67. The molecule has 0 radical (unpaired) electrons. The number of nitrogens with one attached hydrogen (secondary N) is 1. The molecule has 2 aromatic rings. The van der Waals surface area contributed by atoms with Crippen molar-refractivity contribution in [3.05, 3.63) is 65.7 Å². The van der Waals surface area contributed by atoms with Crippen molar-refractivity contribution in [2.24, 2.45) is 10.7 Å². The standard InChI is InChI=1S/C22H30N4O/c1-3-26(4-2)20(17-10-6-5-7-11-17)16-24-22(23)25-19-14-15-27-21-13-9-8-12-18(19)21/h5-13,19-20H,3-4,14-16H2,1-2H3,(H3,23,24,25). The van der Waals surface area contributed by atoms with Crippen molar-refractivity contribution in [2.75, 3.05) is 26.2 Å². The minimum Gasteiger partial charge on any atom is -0.493 e. The van der Waals surface area contributed by atoms with Gasteiger partial charge in [-0.1, -0.05) is 62.4 Å². The van der Waals surface area contributed by atoms with E-state index >= 15 is 0 Å². The molecule has 5 heteroatoms. The summed E-state index contributed by atoms with van der Waals surface area (Å²) >= 11 is 0. The van der Waals surface area contributed by atoms with Gasteiger partial charge in [0.25, 0.3) is 0 Å². The van der Waals surface area contributed by atoms with Crippen LogP contribution in [0.3, 0.4) is 0 Å². The largest absolute Gasteiger partial charge is 0.493 e. The van der Waals surface area contributed by atoms with E-state index in [2.05, 4.69) is 59.4 Å². The van der Waals surface area contributed by atoms with Crippen LogP contribution >= 0.6 is 0 Å². The number of rotatable bonds is 7. The van der Waals surface area contributed by atoms with Crippen LogP contribution in [0.15, 0.2) is 59.6 Å². The van der Waals surface area contributed by atoms with E-state index in [1.54, 1.807) is 0 Å².